The predicted octanol–water partition coefficient (Wildman–Crippen LogP) is 6.14. The zero-order valence-corrected chi connectivity index (χ0v) is 22.5. The van der Waals surface area contributed by atoms with Crippen LogP contribution in [0, 0.1) is 0 Å². The number of benzene rings is 3. The average Bonchev–Trinajstić information content (AvgIpc) is 2.89. The van der Waals surface area contributed by atoms with Crippen LogP contribution in [0.5, 0.6) is 5.75 Å². The highest BCUT2D eigenvalue weighted by molar-refractivity contribution is 5.82. The summed E-state index contributed by atoms with van der Waals surface area (Å²) in [6, 6.07) is 23.1. The number of nitrogens with zero attached hydrogens (tertiary/aromatic N) is 1. The van der Waals surface area contributed by atoms with Gasteiger partial charge in [0, 0.05) is 12.5 Å². The lowest BCUT2D eigenvalue weighted by molar-refractivity contribution is -0.0359. The first-order valence-corrected chi connectivity index (χ1v) is 13.3. The van der Waals surface area contributed by atoms with Crippen LogP contribution in [0.2, 0.25) is 0 Å². The zero-order valence-electron chi connectivity index (χ0n) is 22.5. The van der Waals surface area contributed by atoms with Crippen LogP contribution < -0.4 is 10.1 Å². The first-order chi connectivity index (χ1) is 17.8. The lowest BCUT2D eigenvalue weighted by Crippen LogP contribution is -2.48. The molecule has 1 amide bonds. The number of nitrogens with one attached hydrogen (secondary N) is 1. The Labute approximate surface area is 220 Å². The number of hydrogen-bond donors (Lipinski definition) is 1. The number of piperidine rings is 1. The maximum absolute atomic E-state index is 12.8. The summed E-state index contributed by atoms with van der Waals surface area (Å²) in [5, 5.41) is 5.55. The molecule has 2 unspecified atom stereocenters. The van der Waals surface area contributed by atoms with E-state index in [4.69, 9.17) is 14.2 Å². The standard InChI is InChI=1S/C31H40N2O4/c1-31(2,3)37-30(34)33-18-16-28(25-12-14-27(15-13-25)35-19-7-17-32-4)29(21-33)36-22-23-10-11-24-8-5-6-9-26(24)20-23/h5-6,8-15,20,28-29,32H,7,16-19,21-22H2,1-4H3. The topological polar surface area (TPSA) is 60.0 Å². The normalized spacial score (nSPS) is 18.1. The molecule has 1 aliphatic heterocycles. The summed E-state index contributed by atoms with van der Waals surface area (Å²) in [5.74, 6) is 1.05. The molecule has 0 spiro atoms. The van der Waals surface area contributed by atoms with Gasteiger partial charge in [0.05, 0.1) is 25.9 Å². The van der Waals surface area contributed by atoms with E-state index in [0.29, 0.717) is 26.3 Å². The van der Waals surface area contributed by atoms with Crippen LogP contribution in [0.25, 0.3) is 10.8 Å². The van der Waals surface area contributed by atoms with Crippen LogP contribution in [-0.4, -0.2) is 56.0 Å². The van der Waals surface area contributed by atoms with Gasteiger partial charge < -0.3 is 24.4 Å². The molecule has 1 heterocycles. The van der Waals surface area contributed by atoms with Crippen LogP contribution in [0.1, 0.15) is 50.7 Å². The van der Waals surface area contributed by atoms with Crippen molar-refractivity contribution in [2.24, 2.45) is 0 Å². The maximum atomic E-state index is 12.8. The second-order valence-corrected chi connectivity index (χ2v) is 10.7. The summed E-state index contributed by atoms with van der Waals surface area (Å²) in [7, 11) is 1.95. The third-order valence-electron chi connectivity index (χ3n) is 6.64. The number of amides is 1. The van der Waals surface area contributed by atoms with Gasteiger partial charge in [-0.15, -0.1) is 0 Å². The molecule has 37 heavy (non-hydrogen) atoms. The van der Waals surface area contributed by atoms with Crippen molar-refractivity contribution in [3.8, 4) is 5.75 Å². The van der Waals surface area contributed by atoms with Gasteiger partial charge in [0.25, 0.3) is 0 Å². The Bertz CT molecular complexity index is 1160. The second-order valence-electron chi connectivity index (χ2n) is 10.7. The summed E-state index contributed by atoms with van der Waals surface area (Å²) in [6.07, 6.45) is 1.35. The number of likely N-dealkylation sites (tertiary alicyclic amines) is 1. The van der Waals surface area contributed by atoms with Crippen LogP contribution in [0.4, 0.5) is 4.79 Å². The SMILES string of the molecule is CNCCCOc1ccc(C2CCN(C(=O)OC(C)(C)C)CC2OCc2ccc3ccccc3c2)cc1. The predicted molar refractivity (Wildman–Crippen MR) is 148 cm³/mol. The van der Waals surface area contributed by atoms with Gasteiger partial charge in [-0.3, -0.25) is 0 Å². The van der Waals surface area contributed by atoms with Crippen molar-refractivity contribution in [1.82, 2.24) is 10.2 Å². The Morgan fingerprint density at radius 1 is 1.03 bits per heavy atom. The number of fused-ring (bicyclic) bond motifs is 1. The van der Waals surface area contributed by atoms with Crippen LogP contribution >= 0.6 is 0 Å². The van der Waals surface area contributed by atoms with Crippen molar-refractivity contribution >= 4 is 16.9 Å². The van der Waals surface area contributed by atoms with Gasteiger partial charge in [0.2, 0.25) is 0 Å². The minimum absolute atomic E-state index is 0.143. The molecule has 1 aliphatic rings. The van der Waals surface area contributed by atoms with Gasteiger partial charge in [0.15, 0.2) is 0 Å². The molecular weight excluding hydrogens is 464 g/mol. The van der Waals surface area contributed by atoms with Gasteiger partial charge in [-0.1, -0.05) is 48.5 Å². The molecule has 0 radical (unpaired) electrons. The molecule has 6 nitrogen and oxygen atoms in total. The highest BCUT2D eigenvalue weighted by atomic mass is 16.6. The van der Waals surface area contributed by atoms with Gasteiger partial charge in [-0.05, 0) is 87.3 Å². The average molecular weight is 505 g/mol. The van der Waals surface area contributed by atoms with Crippen molar-refractivity contribution in [3.63, 3.8) is 0 Å². The minimum atomic E-state index is -0.529. The Kier molecular flexibility index (Phi) is 9.06. The molecule has 1 fully saturated rings. The van der Waals surface area contributed by atoms with Gasteiger partial charge in [-0.25, -0.2) is 4.79 Å². The number of carbonyl (C=O) groups is 1. The van der Waals surface area contributed by atoms with E-state index in [1.807, 2.05) is 40.0 Å². The van der Waals surface area contributed by atoms with E-state index in [9.17, 15) is 4.79 Å². The van der Waals surface area contributed by atoms with Gasteiger partial charge >= 0.3 is 6.09 Å². The lowest BCUT2D eigenvalue weighted by Gasteiger charge is -2.39. The molecule has 4 rings (SSSR count). The van der Waals surface area contributed by atoms with E-state index in [0.717, 1.165) is 30.7 Å². The molecule has 6 heteroatoms. The fraction of sp³-hybridized carbons (Fsp3) is 0.452. The number of ether oxygens (including phenoxy) is 3. The highest BCUT2D eigenvalue weighted by Gasteiger charge is 2.35. The molecule has 198 valence electrons. The van der Waals surface area contributed by atoms with Crippen molar-refractivity contribution in [2.75, 3.05) is 33.3 Å². The van der Waals surface area contributed by atoms with Crippen molar-refractivity contribution in [2.45, 2.75) is 57.8 Å². The van der Waals surface area contributed by atoms with E-state index in [1.165, 1.54) is 16.3 Å². The quantitative estimate of drug-likeness (QED) is 0.355. The fourth-order valence-electron chi connectivity index (χ4n) is 4.74. The van der Waals surface area contributed by atoms with E-state index in [-0.39, 0.29) is 18.1 Å². The molecule has 0 saturated carbocycles. The van der Waals surface area contributed by atoms with Crippen molar-refractivity contribution in [1.29, 1.82) is 0 Å². The van der Waals surface area contributed by atoms with Crippen LogP contribution in [0.3, 0.4) is 0 Å². The Morgan fingerprint density at radius 3 is 2.51 bits per heavy atom. The molecule has 0 bridgehead atoms. The molecule has 3 aromatic carbocycles. The third-order valence-corrected chi connectivity index (χ3v) is 6.64. The van der Waals surface area contributed by atoms with E-state index < -0.39 is 5.60 Å². The Morgan fingerprint density at radius 2 is 1.78 bits per heavy atom. The summed E-state index contributed by atoms with van der Waals surface area (Å²) in [6.45, 7) is 8.93. The first kappa shape index (κ1) is 27.0. The minimum Gasteiger partial charge on any atom is -0.494 e. The van der Waals surface area contributed by atoms with E-state index in [1.54, 1.807) is 4.90 Å². The first-order valence-electron chi connectivity index (χ1n) is 13.3. The zero-order chi connectivity index (χ0) is 26.3. The molecule has 0 aromatic heterocycles. The summed E-state index contributed by atoms with van der Waals surface area (Å²) in [4.78, 5) is 14.6. The van der Waals surface area contributed by atoms with E-state index in [2.05, 4.69) is 59.9 Å². The lowest BCUT2D eigenvalue weighted by atomic mass is 9.87. The molecule has 1 saturated heterocycles. The van der Waals surface area contributed by atoms with Gasteiger partial charge in [-0.2, -0.15) is 0 Å². The molecule has 3 aromatic rings. The third kappa shape index (κ3) is 7.70. The fourth-order valence-corrected chi connectivity index (χ4v) is 4.74. The monoisotopic (exact) mass is 504 g/mol. The molecular formula is C31H40N2O4. The van der Waals surface area contributed by atoms with E-state index >= 15 is 0 Å². The molecule has 1 N–H and O–H groups in total. The smallest absolute Gasteiger partial charge is 0.410 e. The number of hydrogen-bond acceptors (Lipinski definition) is 5. The van der Waals surface area contributed by atoms with Crippen molar-refractivity contribution in [3.05, 3.63) is 77.9 Å². The highest BCUT2D eigenvalue weighted by Crippen LogP contribution is 2.33. The van der Waals surface area contributed by atoms with Crippen LogP contribution in [-0.2, 0) is 16.1 Å². The summed E-state index contributed by atoms with van der Waals surface area (Å²) >= 11 is 0. The Balaban J connectivity index is 1.47. The summed E-state index contributed by atoms with van der Waals surface area (Å²) < 4.78 is 18.1. The number of rotatable bonds is 9. The van der Waals surface area contributed by atoms with Crippen LogP contribution in [0.15, 0.2) is 66.7 Å². The maximum Gasteiger partial charge on any atom is 0.410 e. The Hall–Kier alpha value is -3.09. The van der Waals surface area contributed by atoms with Crippen molar-refractivity contribution < 1.29 is 19.0 Å². The number of carbonyl (C=O) groups excluding carboxylic acids is 1. The second kappa shape index (κ2) is 12.4. The largest absolute Gasteiger partial charge is 0.494 e. The summed E-state index contributed by atoms with van der Waals surface area (Å²) in [5.41, 5.74) is 1.80. The van der Waals surface area contributed by atoms with Gasteiger partial charge in [0.1, 0.15) is 11.4 Å². The molecule has 0 aliphatic carbocycles. The molecule has 2 atom stereocenters.